The maximum atomic E-state index is 12.0. The summed E-state index contributed by atoms with van der Waals surface area (Å²) in [4.78, 5) is 23.7. The Morgan fingerprint density at radius 2 is 1.90 bits per heavy atom. The molecule has 0 heterocycles. The fourth-order valence-electron chi connectivity index (χ4n) is 1.24. The zero-order valence-electron chi connectivity index (χ0n) is 17.0. The van der Waals surface area contributed by atoms with Gasteiger partial charge in [0.25, 0.3) is 0 Å². The monoisotopic (exact) mass is 283 g/mol. The van der Waals surface area contributed by atoms with Gasteiger partial charge in [-0.2, -0.15) is 0 Å². The van der Waals surface area contributed by atoms with Gasteiger partial charge in [-0.25, -0.2) is 4.79 Å². The van der Waals surface area contributed by atoms with Crippen molar-refractivity contribution >= 4 is 12.0 Å². The molecule has 0 saturated carbocycles. The Bertz CT molecular complexity index is 660. The highest BCUT2D eigenvalue weighted by atomic mass is 16.6. The molecule has 1 rings (SSSR count). The van der Waals surface area contributed by atoms with E-state index in [4.69, 9.17) is 11.6 Å². The zero-order valence-corrected chi connectivity index (χ0v) is 12.0. The maximum absolute atomic E-state index is 12.0. The van der Waals surface area contributed by atoms with E-state index < -0.39 is 41.8 Å². The van der Waals surface area contributed by atoms with Crippen LogP contribution in [0.15, 0.2) is 30.2 Å². The first-order valence-electron chi connectivity index (χ1n) is 8.68. The predicted octanol–water partition coefficient (Wildman–Crippen LogP) is 2.22. The molecule has 0 aliphatic carbocycles. The summed E-state index contributed by atoms with van der Waals surface area (Å²) >= 11 is 0. The van der Waals surface area contributed by atoms with Gasteiger partial charge in [0.05, 0.1) is 6.85 Å². The van der Waals surface area contributed by atoms with E-state index in [9.17, 15) is 9.59 Å². The lowest BCUT2D eigenvalue weighted by Crippen LogP contribution is -2.46. The largest absolute Gasteiger partial charge is 0.444 e. The number of hydrogen-bond acceptors (Lipinski definition) is 3. The van der Waals surface area contributed by atoms with E-state index in [1.54, 1.807) is 20.8 Å². The third kappa shape index (κ3) is 6.22. The highest BCUT2D eigenvalue weighted by molar-refractivity contribution is 5.85. The Kier molecular flexibility index (Phi) is 3.40. The molecule has 0 aliphatic heterocycles. The van der Waals surface area contributed by atoms with E-state index in [1.807, 2.05) is 0 Å². The van der Waals surface area contributed by atoms with Crippen LogP contribution in [-0.4, -0.2) is 23.6 Å². The third-order valence-corrected chi connectivity index (χ3v) is 2.12. The second-order valence-corrected chi connectivity index (χ2v) is 5.19. The van der Waals surface area contributed by atoms with Crippen LogP contribution in [-0.2, 0) is 16.1 Å². The van der Waals surface area contributed by atoms with Crippen molar-refractivity contribution in [3.8, 4) is 0 Å². The van der Waals surface area contributed by atoms with Crippen LogP contribution >= 0.6 is 0 Å². The molecule has 0 radical (unpaired) electrons. The van der Waals surface area contributed by atoms with Gasteiger partial charge in [0, 0.05) is 6.54 Å². The number of ether oxygens (including phenoxy) is 1. The van der Waals surface area contributed by atoms with Crippen LogP contribution in [0, 0.1) is 0 Å². The fourth-order valence-corrected chi connectivity index (χ4v) is 1.24. The standard InChI is InChI=1S/C15H22N2O3/c1-11(17-14(19)20-15(2,3)4)13(18)16-10-12-8-6-5-7-9-12/h5-9,11H,10H2,1-4H3,(H,16,18)(H,17,19)/t11-/m0/s1/i5D,6D,7D,8D,9D. The SMILES string of the molecule is [2H]c1c([2H])c([2H])c(CNC(=O)[C@H](C)NC(=O)OC(C)(C)C)c([2H])c1[2H]. The first-order valence-corrected chi connectivity index (χ1v) is 6.18. The summed E-state index contributed by atoms with van der Waals surface area (Å²) in [5.41, 5.74) is -0.725. The number of carbonyl (C=O) groups is 2. The van der Waals surface area contributed by atoms with Crippen LogP contribution in [0.5, 0.6) is 0 Å². The summed E-state index contributed by atoms with van der Waals surface area (Å²) in [5.74, 6) is -0.572. The van der Waals surface area contributed by atoms with Crippen LogP contribution in [0.1, 0.15) is 40.1 Å². The zero-order chi connectivity index (χ0) is 19.5. The van der Waals surface area contributed by atoms with Gasteiger partial charge in [0.15, 0.2) is 0 Å². The highest BCUT2D eigenvalue weighted by Gasteiger charge is 2.20. The van der Waals surface area contributed by atoms with Gasteiger partial charge in [-0.15, -0.1) is 0 Å². The average molecular weight is 283 g/mol. The highest BCUT2D eigenvalue weighted by Crippen LogP contribution is 2.06. The molecule has 0 fully saturated rings. The molecule has 2 N–H and O–H groups in total. The number of nitrogens with one attached hydrogen (secondary N) is 2. The summed E-state index contributed by atoms with van der Waals surface area (Å²) < 4.78 is 43.3. The van der Waals surface area contributed by atoms with Gasteiger partial charge in [0.1, 0.15) is 11.6 Å². The summed E-state index contributed by atoms with van der Waals surface area (Å²) in [5, 5.41) is 4.81. The Morgan fingerprint density at radius 3 is 2.45 bits per heavy atom. The van der Waals surface area contributed by atoms with Gasteiger partial charge in [0.2, 0.25) is 5.91 Å². The summed E-state index contributed by atoms with van der Waals surface area (Å²) in [6.07, 6.45) is -0.752. The summed E-state index contributed by atoms with van der Waals surface area (Å²) in [6, 6.07) is -3.10. The minimum Gasteiger partial charge on any atom is -0.444 e. The van der Waals surface area contributed by atoms with Crippen molar-refractivity contribution in [3.63, 3.8) is 0 Å². The molecule has 5 nitrogen and oxygen atoms in total. The quantitative estimate of drug-likeness (QED) is 0.890. The van der Waals surface area contributed by atoms with E-state index in [2.05, 4.69) is 10.6 Å². The molecule has 0 unspecified atom stereocenters. The molecule has 20 heavy (non-hydrogen) atoms. The van der Waals surface area contributed by atoms with Crippen molar-refractivity contribution in [1.82, 2.24) is 10.6 Å². The van der Waals surface area contributed by atoms with Crippen LogP contribution in [0.25, 0.3) is 0 Å². The molecule has 2 amide bonds. The van der Waals surface area contributed by atoms with Crippen LogP contribution in [0.2, 0.25) is 0 Å². The molecular formula is C15H22N2O3. The number of benzene rings is 1. The van der Waals surface area contributed by atoms with Crippen molar-refractivity contribution in [2.24, 2.45) is 0 Å². The van der Waals surface area contributed by atoms with Gasteiger partial charge in [-0.05, 0) is 33.3 Å². The molecule has 1 aromatic rings. The second kappa shape index (κ2) is 6.93. The number of rotatable bonds is 4. The summed E-state index contributed by atoms with van der Waals surface area (Å²) in [7, 11) is 0. The van der Waals surface area contributed by atoms with Crippen LogP contribution < -0.4 is 10.6 Å². The molecule has 0 saturated heterocycles. The lowest BCUT2D eigenvalue weighted by Gasteiger charge is -2.21. The molecule has 0 aliphatic rings. The molecule has 1 atom stereocenters. The number of alkyl carbamates (subject to hydrolysis) is 1. The minimum absolute atomic E-state index is 0.0242. The van der Waals surface area contributed by atoms with Crippen LogP contribution in [0.4, 0.5) is 4.79 Å². The Labute approximate surface area is 126 Å². The normalized spacial score (nSPS) is 15.9. The van der Waals surface area contributed by atoms with Gasteiger partial charge in [-0.1, -0.05) is 30.2 Å². The van der Waals surface area contributed by atoms with E-state index in [0.717, 1.165) is 0 Å². The van der Waals surface area contributed by atoms with Gasteiger partial charge >= 0.3 is 6.09 Å². The maximum Gasteiger partial charge on any atom is 0.408 e. The number of amides is 2. The molecule has 0 bridgehead atoms. The van der Waals surface area contributed by atoms with E-state index in [-0.39, 0.29) is 24.2 Å². The van der Waals surface area contributed by atoms with Crippen LogP contribution in [0.3, 0.4) is 0 Å². The van der Waals surface area contributed by atoms with E-state index in [0.29, 0.717) is 0 Å². The predicted molar refractivity (Wildman–Crippen MR) is 77.1 cm³/mol. The number of hydrogen-bond donors (Lipinski definition) is 2. The number of carbonyl (C=O) groups excluding carboxylic acids is 2. The van der Waals surface area contributed by atoms with E-state index >= 15 is 0 Å². The van der Waals surface area contributed by atoms with Crippen molar-refractivity contribution in [1.29, 1.82) is 0 Å². The second-order valence-electron chi connectivity index (χ2n) is 5.19. The topological polar surface area (TPSA) is 67.4 Å². The minimum atomic E-state index is -0.917. The molecule has 5 heteroatoms. The first-order chi connectivity index (χ1) is 11.3. The molecule has 0 spiro atoms. The Morgan fingerprint density at radius 1 is 1.30 bits per heavy atom. The van der Waals surface area contributed by atoms with Crippen molar-refractivity contribution in [2.75, 3.05) is 0 Å². The lowest BCUT2D eigenvalue weighted by molar-refractivity contribution is -0.122. The van der Waals surface area contributed by atoms with Crippen molar-refractivity contribution in [3.05, 3.63) is 35.8 Å². The molecule has 0 aromatic heterocycles. The molecule has 110 valence electrons. The van der Waals surface area contributed by atoms with E-state index in [1.165, 1.54) is 6.92 Å². The summed E-state index contributed by atoms with van der Waals surface area (Å²) in [6.45, 7) is 6.26. The molecule has 1 aromatic carbocycles. The van der Waals surface area contributed by atoms with Gasteiger partial charge in [-0.3, -0.25) is 4.79 Å². The fraction of sp³-hybridized carbons (Fsp3) is 0.467. The Balaban J connectivity index is 2.76. The first kappa shape index (κ1) is 9.80. The van der Waals surface area contributed by atoms with Crippen molar-refractivity contribution < 1.29 is 21.2 Å². The lowest BCUT2D eigenvalue weighted by atomic mass is 10.2. The Hall–Kier alpha value is -2.04. The average Bonchev–Trinajstić information content (AvgIpc) is 2.48. The van der Waals surface area contributed by atoms with Crippen molar-refractivity contribution in [2.45, 2.75) is 45.9 Å². The molecular weight excluding hydrogens is 256 g/mol. The third-order valence-electron chi connectivity index (χ3n) is 2.12. The smallest absolute Gasteiger partial charge is 0.408 e. The van der Waals surface area contributed by atoms with Gasteiger partial charge < -0.3 is 15.4 Å².